The number of hydrogen-bond donors (Lipinski definition) is 1. The molecule has 4 heteroatoms. The molecule has 2 aromatic rings. The van der Waals surface area contributed by atoms with E-state index in [9.17, 15) is 0 Å². The van der Waals surface area contributed by atoms with E-state index in [1.165, 1.54) is 16.7 Å². The zero-order valence-corrected chi connectivity index (χ0v) is 16.1. The van der Waals surface area contributed by atoms with Gasteiger partial charge >= 0.3 is 7.12 Å². The van der Waals surface area contributed by atoms with Crippen LogP contribution in [0.2, 0.25) is 0 Å². The third-order valence-electron chi connectivity index (χ3n) is 5.52. The third-order valence-corrected chi connectivity index (χ3v) is 5.52. The predicted octanol–water partition coefficient (Wildman–Crippen LogP) is 4.21. The molecule has 25 heavy (non-hydrogen) atoms. The fourth-order valence-electron chi connectivity index (χ4n) is 3.16. The molecule has 132 valence electrons. The Morgan fingerprint density at radius 2 is 1.44 bits per heavy atom. The van der Waals surface area contributed by atoms with Gasteiger partial charge in [-0.15, -0.1) is 0 Å². The third kappa shape index (κ3) is 3.46. The number of anilines is 1. The number of rotatable bonds is 4. The van der Waals surface area contributed by atoms with Crippen LogP contribution in [0.1, 0.15) is 44.4 Å². The summed E-state index contributed by atoms with van der Waals surface area (Å²) in [5, 5.41) is 3.55. The molecule has 0 spiro atoms. The summed E-state index contributed by atoms with van der Waals surface area (Å²) in [7, 11) is -0.333. The first-order valence-corrected chi connectivity index (χ1v) is 8.95. The smallest absolute Gasteiger partial charge is 0.399 e. The topological polar surface area (TPSA) is 30.5 Å². The highest BCUT2D eigenvalue weighted by molar-refractivity contribution is 6.63. The average molecular weight is 337 g/mol. The van der Waals surface area contributed by atoms with E-state index in [1.54, 1.807) is 0 Å². The van der Waals surface area contributed by atoms with Gasteiger partial charge in [0, 0.05) is 12.2 Å². The highest BCUT2D eigenvalue weighted by Crippen LogP contribution is 2.37. The Morgan fingerprint density at radius 3 is 2.08 bits per heavy atom. The van der Waals surface area contributed by atoms with Gasteiger partial charge in [-0.2, -0.15) is 0 Å². The van der Waals surface area contributed by atoms with Crippen molar-refractivity contribution in [3.63, 3.8) is 0 Å². The minimum absolute atomic E-state index is 0.333. The van der Waals surface area contributed by atoms with Gasteiger partial charge in [0.05, 0.1) is 11.2 Å². The molecule has 1 saturated heterocycles. The lowest BCUT2D eigenvalue weighted by Gasteiger charge is -2.32. The van der Waals surface area contributed by atoms with Crippen molar-refractivity contribution in [3.05, 3.63) is 59.2 Å². The standard InChI is InChI=1S/C21H28BNO2/c1-15-10-7-8-13-18(15)23-14-17-12-9-11-16(2)19(17)22-24-20(3,4)21(5,6)25-22/h7-13,23H,14H2,1-6H3. The summed E-state index contributed by atoms with van der Waals surface area (Å²) in [5.74, 6) is 0. The highest BCUT2D eigenvalue weighted by atomic mass is 16.7. The first-order valence-electron chi connectivity index (χ1n) is 8.95. The van der Waals surface area contributed by atoms with Crippen LogP contribution in [0.25, 0.3) is 0 Å². The number of benzene rings is 2. The molecule has 0 bridgehead atoms. The summed E-state index contributed by atoms with van der Waals surface area (Å²) in [6, 6.07) is 14.7. The van der Waals surface area contributed by atoms with Gasteiger partial charge in [0.1, 0.15) is 0 Å². The fraction of sp³-hybridized carbons (Fsp3) is 0.429. The van der Waals surface area contributed by atoms with Gasteiger partial charge in [-0.05, 0) is 64.2 Å². The molecule has 0 saturated carbocycles. The Kier molecular flexibility index (Phi) is 4.69. The van der Waals surface area contributed by atoms with Crippen molar-refractivity contribution in [1.82, 2.24) is 0 Å². The van der Waals surface area contributed by atoms with Crippen LogP contribution in [0.15, 0.2) is 42.5 Å². The molecule has 0 aliphatic carbocycles. The first-order chi connectivity index (χ1) is 11.7. The van der Waals surface area contributed by atoms with E-state index in [1.807, 2.05) is 0 Å². The van der Waals surface area contributed by atoms with Crippen LogP contribution in [0, 0.1) is 13.8 Å². The number of aryl methyl sites for hydroxylation is 2. The lowest BCUT2D eigenvalue weighted by atomic mass is 9.73. The van der Waals surface area contributed by atoms with Gasteiger partial charge in [-0.3, -0.25) is 0 Å². The number of hydrogen-bond acceptors (Lipinski definition) is 3. The maximum Gasteiger partial charge on any atom is 0.495 e. The molecular formula is C21H28BNO2. The highest BCUT2D eigenvalue weighted by Gasteiger charge is 2.52. The van der Waals surface area contributed by atoms with Gasteiger partial charge in [0.15, 0.2) is 0 Å². The van der Waals surface area contributed by atoms with Gasteiger partial charge in [0.2, 0.25) is 0 Å². The molecular weight excluding hydrogens is 309 g/mol. The second-order valence-corrected chi connectivity index (χ2v) is 7.90. The zero-order valence-electron chi connectivity index (χ0n) is 16.1. The van der Waals surface area contributed by atoms with E-state index < -0.39 is 0 Å². The summed E-state index contributed by atoms with van der Waals surface area (Å²) >= 11 is 0. The normalized spacial score (nSPS) is 18.4. The first kappa shape index (κ1) is 18.0. The maximum absolute atomic E-state index is 6.30. The summed E-state index contributed by atoms with van der Waals surface area (Å²) in [6.07, 6.45) is 0. The van der Waals surface area contributed by atoms with E-state index in [0.29, 0.717) is 0 Å². The summed E-state index contributed by atoms with van der Waals surface area (Å²) < 4.78 is 12.6. The van der Waals surface area contributed by atoms with E-state index in [4.69, 9.17) is 9.31 Å². The number of para-hydroxylation sites is 1. The van der Waals surface area contributed by atoms with Crippen molar-refractivity contribution >= 4 is 18.3 Å². The monoisotopic (exact) mass is 337 g/mol. The van der Waals surface area contributed by atoms with E-state index in [-0.39, 0.29) is 18.3 Å². The van der Waals surface area contributed by atoms with E-state index >= 15 is 0 Å². The van der Waals surface area contributed by atoms with Crippen LogP contribution >= 0.6 is 0 Å². The molecule has 3 rings (SSSR count). The van der Waals surface area contributed by atoms with Crippen molar-refractivity contribution in [1.29, 1.82) is 0 Å². The second kappa shape index (κ2) is 6.51. The van der Waals surface area contributed by atoms with Crippen molar-refractivity contribution in [2.24, 2.45) is 0 Å². The van der Waals surface area contributed by atoms with E-state index in [0.717, 1.165) is 17.7 Å². The molecule has 0 amide bonds. The van der Waals surface area contributed by atoms with Gasteiger partial charge < -0.3 is 14.6 Å². The van der Waals surface area contributed by atoms with Crippen molar-refractivity contribution in [3.8, 4) is 0 Å². The Labute approximate surface area is 151 Å². The average Bonchev–Trinajstić information content (AvgIpc) is 2.74. The quantitative estimate of drug-likeness (QED) is 0.848. The van der Waals surface area contributed by atoms with Gasteiger partial charge in [0.25, 0.3) is 0 Å². The van der Waals surface area contributed by atoms with Crippen LogP contribution in [-0.4, -0.2) is 18.3 Å². The molecule has 0 aromatic heterocycles. The Bertz CT molecular complexity index is 754. The van der Waals surface area contributed by atoms with Gasteiger partial charge in [-0.25, -0.2) is 0 Å². The van der Waals surface area contributed by atoms with Crippen molar-refractivity contribution in [2.45, 2.75) is 59.3 Å². The van der Waals surface area contributed by atoms with Crippen LogP contribution in [-0.2, 0) is 15.9 Å². The van der Waals surface area contributed by atoms with Crippen LogP contribution < -0.4 is 10.8 Å². The molecule has 0 unspecified atom stereocenters. The second-order valence-electron chi connectivity index (χ2n) is 7.90. The minimum atomic E-state index is -0.333. The number of nitrogens with one attached hydrogen (secondary N) is 1. The fourth-order valence-corrected chi connectivity index (χ4v) is 3.16. The zero-order chi connectivity index (χ0) is 18.2. The maximum atomic E-state index is 6.30. The summed E-state index contributed by atoms with van der Waals surface area (Å²) in [4.78, 5) is 0. The molecule has 1 aliphatic heterocycles. The molecule has 1 aliphatic rings. The van der Waals surface area contributed by atoms with Crippen LogP contribution in [0.5, 0.6) is 0 Å². The van der Waals surface area contributed by atoms with Crippen LogP contribution in [0.4, 0.5) is 5.69 Å². The Morgan fingerprint density at radius 1 is 0.840 bits per heavy atom. The Balaban J connectivity index is 1.87. The summed E-state index contributed by atoms with van der Waals surface area (Å²) in [5.41, 5.74) is 5.28. The molecule has 0 radical (unpaired) electrons. The molecule has 0 atom stereocenters. The molecule has 1 fully saturated rings. The van der Waals surface area contributed by atoms with Crippen LogP contribution in [0.3, 0.4) is 0 Å². The largest absolute Gasteiger partial charge is 0.495 e. The minimum Gasteiger partial charge on any atom is -0.399 e. The van der Waals surface area contributed by atoms with Gasteiger partial charge in [-0.1, -0.05) is 42.0 Å². The lowest BCUT2D eigenvalue weighted by molar-refractivity contribution is 0.00578. The molecule has 2 aromatic carbocycles. The van der Waals surface area contributed by atoms with E-state index in [2.05, 4.69) is 89.3 Å². The van der Waals surface area contributed by atoms with Crippen molar-refractivity contribution in [2.75, 3.05) is 5.32 Å². The Hall–Kier alpha value is -1.78. The summed E-state index contributed by atoms with van der Waals surface area (Å²) in [6.45, 7) is 13.4. The molecule has 1 N–H and O–H groups in total. The van der Waals surface area contributed by atoms with Crippen molar-refractivity contribution < 1.29 is 9.31 Å². The molecule has 1 heterocycles. The molecule has 3 nitrogen and oxygen atoms in total. The lowest BCUT2D eigenvalue weighted by Crippen LogP contribution is -2.41. The SMILES string of the molecule is Cc1ccccc1NCc1cccc(C)c1B1OC(C)(C)C(C)(C)O1. The predicted molar refractivity (Wildman–Crippen MR) is 105 cm³/mol.